The molecule has 1 saturated carbocycles. The number of amides is 2. The number of hydrogen-bond donors (Lipinski definition) is 3. The molecule has 0 radical (unpaired) electrons. The fraction of sp³-hybridized carbons (Fsp3) is 0.273. The van der Waals surface area contributed by atoms with Crippen LogP contribution in [0, 0.1) is 11.8 Å². The summed E-state index contributed by atoms with van der Waals surface area (Å²) in [5.41, 5.74) is 4.78. The van der Waals surface area contributed by atoms with Gasteiger partial charge in [0.05, 0.1) is 11.8 Å². The van der Waals surface area contributed by atoms with Crippen LogP contribution in [0.1, 0.15) is 16.8 Å². The van der Waals surface area contributed by atoms with Crippen molar-refractivity contribution >= 4 is 17.8 Å². The van der Waals surface area contributed by atoms with Crippen LogP contribution >= 0.6 is 0 Å². The van der Waals surface area contributed by atoms with Crippen molar-refractivity contribution < 1.29 is 19.5 Å². The van der Waals surface area contributed by atoms with Crippen molar-refractivity contribution in [2.75, 3.05) is 0 Å². The third-order valence-electron chi connectivity index (χ3n) is 2.69. The Kier molecular flexibility index (Phi) is 3.22. The SMILES string of the molecule is O=C(NNC(=O)[C@@H]1C[C@H]1C(=O)O)c1ccncc1. The van der Waals surface area contributed by atoms with Crippen molar-refractivity contribution in [3.63, 3.8) is 0 Å². The molecule has 1 aromatic heterocycles. The second-order valence-corrected chi connectivity index (χ2v) is 3.97. The molecule has 1 aromatic rings. The smallest absolute Gasteiger partial charge is 0.307 e. The molecule has 1 aliphatic carbocycles. The molecule has 2 amide bonds. The van der Waals surface area contributed by atoms with Gasteiger partial charge in [-0.25, -0.2) is 0 Å². The number of carbonyl (C=O) groups is 3. The first-order chi connectivity index (χ1) is 8.59. The van der Waals surface area contributed by atoms with Crippen molar-refractivity contribution in [1.29, 1.82) is 0 Å². The summed E-state index contributed by atoms with van der Waals surface area (Å²) in [5.74, 6) is -3.14. The van der Waals surface area contributed by atoms with Crippen LogP contribution in [0.3, 0.4) is 0 Å². The molecule has 18 heavy (non-hydrogen) atoms. The average Bonchev–Trinajstić information content (AvgIpc) is 3.17. The lowest BCUT2D eigenvalue weighted by Gasteiger charge is -2.06. The number of aliphatic carboxylic acids is 1. The van der Waals surface area contributed by atoms with Gasteiger partial charge in [0.1, 0.15) is 0 Å². The number of hydrogen-bond acceptors (Lipinski definition) is 4. The zero-order chi connectivity index (χ0) is 13.1. The summed E-state index contributed by atoms with van der Waals surface area (Å²) in [6.07, 6.45) is 3.22. The molecule has 3 N–H and O–H groups in total. The van der Waals surface area contributed by atoms with E-state index in [1.165, 1.54) is 24.5 Å². The summed E-state index contributed by atoms with van der Waals surface area (Å²) < 4.78 is 0. The number of hydrazine groups is 1. The van der Waals surface area contributed by atoms with E-state index < -0.39 is 29.6 Å². The van der Waals surface area contributed by atoms with Gasteiger partial charge >= 0.3 is 5.97 Å². The highest BCUT2D eigenvalue weighted by atomic mass is 16.4. The predicted octanol–water partition coefficient (Wildman–Crippen LogP) is -0.437. The van der Waals surface area contributed by atoms with Gasteiger partial charge in [0.2, 0.25) is 5.91 Å². The van der Waals surface area contributed by atoms with Gasteiger partial charge in [-0.2, -0.15) is 0 Å². The fourth-order valence-electron chi connectivity index (χ4n) is 1.54. The first-order valence-corrected chi connectivity index (χ1v) is 5.32. The van der Waals surface area contributed by atoms with Crippen LogP contribution in [0.2, 0.25) is 0 Å². The Balaban J connectivity index is 1.81. The molecular formula is C11H11N3O4. The van der Waals surface area contributed by atoms with Crippen molar-refractivity contribution in [1.82, 2.24) is 15.8 Å². The minimum Gasteiger partial charge on any atom is -0.481 e. The van der Waals surface area contributed by atoms with E-state index in [1.54, 1.807) is 0 Å². The van der Waals surface area contributed by atoms with Gasteiger partial charge in [-0.1, -0.05) is 0 Å². The van der Waals surface area contributed by atoms with Gasteiger partial charge in [0.15, 0.2) is 0 Å². The number of pyridine rings is 1. The average molecular weight is 249 g/mol. The molecule has 2 rings (SSSR count). The number of carbonyl (C=O) groups excluding carboxylic acids is 2. The van der Waals surface area contributed by atoms with Crippen molar-refractivity contribution in [2.24, 2.45) is 11.8 Å². The van der Waals surface area contributed by atoms with E-state index >= 15 is 0 Å². The Morgan fingerprint density at radius 2 is 1.83 bits per heavy atom. The summed E-state index contributed by atoms with van der Waals surface area (Å²) >= 11 is 0. The van der Waals surface area contributed by atoms with Gasteiger partial charge in [-0.3, -0.25) is 30.2 Å². The van der Waals surface area contributed by atoms with Crippen molar-refractivity contribution in [3.8, 4) is 0 Å². The maximum absolute atomic E-state index is 11.5. The van der Waals surface area contributed by atoms with Crippen LogP contribution in [0.4, 0.5) is 0 Å². The molecule has 1 aliphatic rings. The van der Waals surface area contributed by atoms with E-state index in [0.29, 0.717) is 12.0 Å². The largest absolute Gasteiger partial charge is 0.481 e. The zero-order valence-electron chi connectivity index (χ0n) is 9.29. The lowest BCUT2D eigenvalue weighted by atomic mass is 10.2. The first-order valence-electron chi connectivity index (χ1n) is 5.32. The Morgan fingerprint density at radius 3 is 2.39 bits per heavy atom. The van der Waals surface area contributed by atoms with E-state index in [4.69, 9.17) is 5.11 Å². The topological polar surface area (TPSA) is 108 Å². The molecule has 1 heterocycles. The summed E-state index contributed by atoms with van der Waals surface area (Å²) in [6, 6.07) is 3.00. The maximum Gasteiger partial charge on any atom is 0.307 e. The van der Waals surface area contributed by atoms with Crippen LogP contribution in [-0.2, 0) is 9.59 Å². The highest BCUT2D eigenvalue weighted by Crippen LogP contribution is 2.38. The van der Waals surface area contributed by atoms with Crippen LogP contribution in [0.25, 0.3) is 0 Å². The second kappa shape index (κ2) is 4.82. The number of aromatic nitrogens is 1. The highest BCUT2D eigenvalue weighted by Gasteiger charge is 2.48. The minimum atomic E-state index is -0.990. The Hall–Kier alpha value is -2.44. The van der Waals surface area contributed by atoms with Gasteiger partial charge in [0, 0.05) is 18.0 Å². The second-order valence-electron chi connectivity index (χ2n) is 3.97. The van der Waals surface area contributed by atoms with Crippen LogP contribution in [-0.4, -0.2) is 27.9 Å². The zero-order valence-corrected chi connectivity index (χ0v) is 9.29. The van der Waals surface area contributed by atoms with E-state index in [2.05, 4.69) is 15.8 Å². The number of carboxylic acids is 1. The molecule has 7 nitrogen and oxygen atoms in total. The van der Waals surface area contributed by atoms with Crippen LogP contribution < -0.4 is 10.9 Å². The molecule has 2 atom stereocenters. The molecule has 0 saturated heterocycles. The summed E-state index contributed by atoms with van der Waals surface area (Å²) in [5, 5.41) is 8.65. The van der Waals surface area contributed by atoms with Crippen molar-refractivity contribution in [2.45, 2.75) is 6.42 Å². The normalized spacial score (nSPS) is 20.9. The summed E-state index contributed by atoms with van der Waals surface area (Å²) in [4.78, 5) is 37.3. The molecular weight excluding hydrogens is 238 g/mol. The van der Waals surface area contributed by atoms with E-state index in [1.807, 2.05) is 0 Å². The van der Waals surface area contributed by atoms with Gasteiger partial charge in [-0.05, 0) is 18.6 Å². The fourth-order valence-corrected chi connectivity index (χ4v) is 1.54. The monoisotopic (exact) mass is 249 g/mol. The minimum absolute atomic E-state index is 0.312. The molecule has 0 aliphatic heterocycles. The maximum atomic E-state index is 11.5. The number of nitrogens with zero attached hydrogens (tertiary/aromatic N) is 1. The highest BCUT2D eigenvalue weighted by molar-refractivity contribution is 5.96. The van der Waals surface area contributed by atoms with Crippen molar-refractivity contribution in [3.05, 3.63) is 30.1 Å². The third kappa shape index (κ3) is 2.62. The molecule has 0 bridgehead atoms. The van der Waals surface area contributed by atoms with Crippen LogP contribution in [0.5, 0.6) is 0 Å². The lowest BCUT2D eigenvalue weighted by molar-refractivity contribution is -0.140. The molecule has 94 valence electrons. The van der Waals surface area contributed by atoms with Gasteiger partial charge < -0.3 is 5.11 Å². The Labute approximate surface area is 102 Å². The third-order valence-corrected chi connectivity index (χ3v) is 2.69. The van der Waals surface area contributed by atoms with E-state index in [-0.39, 0.29) is 0 Å². The number of rotatable bonds is 3. The van der Waals surface area contributed by atoms with Gasteiger partial charge in [0.25, 0.3) is 5.91 Å². The summed E-state index contributed by atoms with van der Waals surface area (Å²) in [6.45, 7) is 0. The van der Waals surface area contributed by atoms with E-state index in [9.17, 15) is 14.4 Å². The number of carboxylic acid groups (broad SMARTS) is 1. The Morgan fingerprint density at radius 1 is 1.17 bits per heavy atom. The Bertz CT molecular complexity index is 488. The molecule has 0 unspecified atom stereocenters. The number of nitrogens with one attached hydrogen (secondary N) is 2. The molecule has 0 aromatic carbocycles. The predicted molar refractivity (Wildman–Crippen MR) is 59.1 cm³/mol. The first kappa shape index (κ1) is 12.0. The molecule has 1 fully saturated rings. The molecule has 7 heteroatoms. The van der Waals surface area contributed by atoms with Crippen LogP contribution in [0.15, 0.2) is 24.5 Å². The van der Waals surface area contributed by atoms with Gasteiger partial charge in [-0.15, -0.1) is 0 Å². The lowest BCUT2D eigenvalue weighted by Crippen LogP contribution is -2.42. The quantitative estimate of drug-likeness (QED) is 0.629. The molecule has 0 spiro atoms. The van der Waals surface area contributed by atoms with E-state index in [0.717, 1.165) is 0 Å². The standard InChI is InChI=1S/C11H11N3O4/c15-9(6-1-3-12-4-2-6)13-14-10(16)7-5-8(7)11(17)18/h1-4,7-8H,5H2,(H,13,15)(H,14,16)(H,17,18)/t7-,8-/m1/s1. The summed E-state index contributed by atoms with van der Waals surface area (Å²) in [7, 11) is 0.